The normalized spacial score (nSPS) is 15.3. The monoisotopic (exact) mass is 484 g/mol. The molecule has 2 N–H and O–H groups in total. The molecule has 0 aliphatic heterocycles. The molecular formula is C26H33ClN4O3. The molecule has 0 bridgehead atoms. The number of amides is 3. The predicted octanol–water partition coefficient (Wildman–Crippen LogP) is 4.17. The van der Waals surface area contributed by atoms with Gasteiger partial charge in [-0.1, -0.05) is 55.1 Å². The largest absolute Gasteiger partial charge is 0.349 e. The summed E-state index contributed by atoms with van der Waals surface area (Å²) < 4.78 is 0. The van der Waals surface area contributed by atoms with E-state index >= 15 is 0 Å². The molecule has 34 heavy (non-hydrogen) atoms. The van der Waals surface area contributed by atoms with Crippen LogP contribution in [0.3, 0.4) is 0 Å². The van der Waals surface area contributed by atoms with Crippen LogP contribution in [-0.2, 0) is 20.9 Å². The highest BCUT2D eigenvalue weighted by Gasteiger charge is 2.37. The van der Waals surface area contributed by atoms with Crippen LogP contribution in [0.2, 0.25) is 5.02 Å². The highest BCUT2D eigenvalue weighted by Crippen LogP contribution is 2.30. The summed E-state index contributed by atoms with van der Waals surface area (Å²) in [6, 6.07) is 9.31. The Bertz CT molecular complexity index is 1000. The summed E-state index contributed by atoms with van der Waals surface area (Å²) in [7, 11) is 0. The Morgan fingerprint density at radius 1 is 1.09 bits per heavy atom. The van der Waals surface area contributed by atoms with Crippen molar-refractivity contribution in [3.05, 3.63) is 64.9 Å². The van der Waals surface area contributed by atoms with Gasteiger partial charge in [-0.3, -0.25) is 19.4 Å². The molecule has 2 aromatic rings. The van der Waals surface area contributed by atoms with Gasteiger partial charge in [-0.05, 0) is 51.3 Å². The van der Waals surface area contributed by atoms with Crippen LogP contribution in [0.25, 0.3) is 0 Å². The topological polar surface area (TPSA) is 91.4 Å². The van der Waals surface area contributed by atoms with E-state index in [-0.39, 0.29) is 12.6 Å². The van der Waals surface area contributed by atoms with Gasteiger partial charge in [0.25, 0.3) is 0 Å². The van der Waals surface area contributed by atoms with Crippen molar-refractivity contribution in [2.24, 2.45) is 0 Å². The number of carbonyl (C=O) groups is 3. The van der Waals surface area contributed by atoms with Gasteiger partial charge in [0.2, 0.25) is 5.91 Å². The fourth-order valence-electron chi connectivity index (χ4n) is 4.18. The highest BCUT2D eigenvalue weighted by molar-refractivity contribution is 6.35. The van der Waals surface area contributed by atoms with E-state index in [0.717, 1.165) is 32.1 Å². The van der Waals surface area contributed by atoms with Crippen molar-refractivity contribution in [3.63, 3.8) is 0 Å². The van der Waals surface area contributed by atoms with Crippen molar-refractivity contribution in [2.45, 2.75) is 77.0 Å². The number of hydrogen-bond acceptors (Lipinski definition) is 4. The summed E-state index contributed by atoms with van der Waals surface area (Å²) in [4.78, 5) is 45.6. The molecule has 8 heteroatoms. The first-order chi connectivity index (χ1) is 16.2. The molecule has 1 saturated carbocycles. The minimum atomic E-state index is -1.10. The number of benzene rings is 1. The fourth-order valence-corrected chi connectivity index (χ4v) is 4.42. The minimum Gasteiger partial charge on any atom is -0.349 e. The zero-order valence-electron chi connectivity index (χ0n) is 20.0. The molecule has 7 nitrogen and oxygen atoms in total. The van der Waals surface area contributed by atoms with E-state index in [0.29, 0.717) is 16.1 Å². The van der Waals surface area contributed by atoms with Crippen LogP contribution >= 0.6 is 11.6 Å². The lowest BCUT2D eigenvalue weighted by Crippen LogP contribution is -2.53. The van der Waals surface area contributed by atoms with E-state index in [1.165, 1.54) is 4.90 Å². The van der Waals surface area contributed by atoms with Gasteiger partial charge in [0.15, 0.2) is 0 Å². The number of hydrogen-bond donors (Lipinski definition) is 2. The lowest BCUT2D eigenvalue weighted by Gasteiger charge is -2.34. The van der Waals surface area contributed by atoms with Crippen LogP contribution in [-0.4, -0.2) is 39.2 Å². The zero-order chi connectivity index (χ0) is 24.7. The molecule has 1 aromatic heterocycles. The van der Waals surface area contributed by atoms with E-state index in [4.69, 9.17) is 11.6 Å². The Hall–Kier alpha value is -2.93. The van der Waals surface area contributed by atoms with Gasteiger partial charge in [0, 0.05) is 41.1 Å². The quantitative estimate of drug-likeness (QED) is 0.602. The Labute approximate surface area is 206 Å². The molecule has 0 saturated heterocycles. The predicted molar refractivity (Wildman–Crippen MR) is 132 cm³/mol. The van der Waals surface area contributed by atoms with Gasteiger partial charge in [-0.2, -0.15) is 0 Å². The number of nitrogens with one attached hydrogen (secondary N) is 2. The molecule has 1 aromatic carbocycles. The number of rotatable bonds is 6. The maximum absolute atomic E-state index is 13.6. The van der Waals surface area contributed by atoms with E-state index < -0.39 is 29.3 Å². The Balaban J connectivity index is 2.00. The second kappa shape index (κ2) is 11.5. The standard InChI is InChI=1S/C26H33ClN4O3/c1-26(2,3)30-23(32)22(20-13-7-8-14-21(20)27)31(17-18-10-9-15-28-16-18)25(34)24(33)29-19-11-5-4-6-12-19/h7-10,13-16,19,22H,4-6,11-12,17H2,1-3H3,(H,29,33)(H,30,32). The molecular weight excluding hydrogens is 452 g/mol. The second-order valence-corrected chi connectivity index (χ2v) is 10.2. The molecule has 0 radical (unpaired) electrons. The molecule has 1 atom stereocenters. The lowest BCUT2D eigenvalue weighted by atomic mass is 9.95. The number of pyridine rings is 1. The second-order valence-electron chi connectivity index (χ2n) is 9.77. The zero-order valence-corrected chi connectivity index (χ0v) is 20.8. The van der Waals surface area contributed by atoms with Crippen LogP contribution < -0.4 is 10.6 Å². The van der Waals surface area contributed by atoms with Crippen molar-refractivity contribution >= 4 is 29.3 Å². The average Bonchev–Trinajstić information content (AvgIpc) is 2.79. The first kappa shape index (κ1) is 25.7. The van der Waals surface area contributed by atoms with Crippen molar-refractivity contribution in [3.8, 4) is 0 Å². The van der Waals surface area contributed by atoms with Gasteiger partial charge in [-0.15, -0.1) is 0 Å². The van der Waals surface area contributed by atoms with Crippen molar-refractivity contribution in [1.29, 1.82) is 0 Å². The third-order valence-corrected chi connectivity index (χ3v) is 6.07. The van der Waals surface area contributed by atoms with E-state index in [1.807, 2.05) is 20.8 Å². The van der Waals surface area contributed by atoms with Crippen molar-refractivity contribution in [2.75, 3.05) is 0 Å². The number of nitrogens with zero attached hydrogens (tertiary/aromatic N) is 2. The molecule has 3 rings (SSSR count). The molecule has 182 valence electrons. The van der Waals surface area contributed by atoms with Crippen molar-refractivity contribution < 1.29 is 14.4 Å². The summed E-state index contributed by atoms with van der Waals surface area (Å²) in [5, 5.41) is 6.17. The molecule has 1 unspecified atom stereocenters. The van der Waals surface area contributed by atoms with Crippen LogP contribution in [0.5, 0.6) is 0 Å². The smallest absolute Gasteiger partial charge is 0.313 e. The summed E-state index contributed by atoms with van der Waals surface area (Å²) in [6.07, 6.45) is 8.12. The third kappa shape index (κ3) is 7.03. The molecule has 1 aliphatic carbocycles. The highest BCUT2D eigenvalue weighted by atomic mass is 35.5. The Morgan fingerprint density at radius 3 is 2.41 bits per heavy atom. The van der Waals surface area contributed by atoms with E-state index in [1.54, 1.807) is 48.8 Å². The maximum atomic E-state index is 13.6. The summed E-state index contributed by atoms with van der Waals surface area (Å²) in [6.45, 7) is 5.60. The average molecular weight is 485 g/mol. The maximum Gasteiger partial charge on any atom is 0.313 e. The molecule has 3 amide bonds. The lowest BCUT2D eigenvalue weighted by molar-refractivity contribution is -0.151. The summed E-state index contributed by atoms with van der Waals surface area (Å²) in [5.41, 5.74) is 0.597. The first-order valence-electron chi connectivity index (χ1n) is 11.7. The molecule has 0 spiro atoms. The molecule has 1 fully saturated rings. The third-order valence-electron chi connectivity index (χ3n) is 5.73. The van der Waals surface area contributed by atoms with Crippen LogP contribution in [0.4, 0.5) is 0 Å². The van der Waals surface area contributed by atoms with Gasteiger partial charge in [0.05, 0.1) is 0 Å². The number of halogens is 1. The Kier molecular flexibility index (Phi) is 8.67. The van der Waals surface area contributed by atoms with E-state index in [2.05, 4.69) is 15.6 Å². The summed E-state index contributed by atoms with van der Waals surface area (Å²) >= 11 is 6.49. The Morgan fingerprint density at radius 2 is 1.79 bits per heavy atom. The van der Waals surface area contributed by atoms with Gasteiger partial charge < -0.3 is 15.5 Å². The molecule has 1 aliphatic rings. The van der Waals surface area contributed by atoms with Gasteiger partial charge in [-0.25, -0.2) is 0 Å². The number of aromatic nitrogens is 1. The van der Waals surface area contributed by atoms with Crippen LogP contribution in [0.1, 0.15) is 70.0 Å². The van der Waals surface area contributed by atoms with Gasteiger partial charge >= 0.3 is 11.8 Å². The SMILES string of the molecule is CC(C)(C)NC(=O)C(c1ccccc1Cl)N(Cc1cccnc1)C(=O)C(=O)NC1CCCCC1. The molecule has 1 heterocycles. The summed E-state index contributed by atoms with van der Waals surface area (Å²) in [5.74, 6) is -1.90. The van der Waals surface area contributed by atoms with Crippen LogP contribution in [0.15, 0.2) is 48.8 Å². The number of carbonyl (C=O) groups excluding carboxylic acids is 3. The van der Waals surface area contributed by atoms with Crippen LogP contribution in [0, 0.1) is 0 Å². The van der Waals surface area contributed by atoms with Crippen molar-refractivity contribution in [1.82, 2.24) is 20.5 Å². The fraction of sp³-hybridized carbons (Fsp3) is 0.462. The first-order valence-corrected chi connectivity index (χ1v) is 12.1. The minimum absolute atomic E-state index is 0.0260. The van der Waals surface area contributed by atoms with E-state index in [9.17, 15) is 14.4 Å². The van der Waals surface area contributed by atoms with Gasteiger partial charge in [0.1, 0.15) is 6.04 Å².